The molecule has 0 unspecified atom stereocenters. The predicted molar refractivity (Wildman–Crippen MR) is 78.1 cm³/mol. The van der Waals surface area contributed by atoms with E-state index in [0.717, 1.165) is 8.26 Å². The van der Waals surface area contributed by atoms with Gasteiger partial charge in [-0.2, -0.15) is 0 Å². The number of hydrogen-bond acceptors (Lipinski definition) is 3. The number of hydrogen-bond donors (Lipinski definition) is 1. The average molecular weight is 399 g/mol. The van der Waals surface area contributed by atoms with Crippen LogP contribution in [0, 0.1) is 0 Å². The molecule has 0 aliphatic rings. The van der Waals surface area contributed by atoms with E-state index < -0.39 is 11.5 Å². The molecule has 4 nitrogen and oxygen atoms in total. The van der Waals surface area contributed by atoms with Crippen molar-refractivity contribution in [3.63, 3.8) is 0 Å². The van der Waals surface area contributed by atoms with E-state index in [1.165, 1.54) is 16.2 Å². The first-order valence-electron chi connectivity index (χ1n) is 5.11. The van der Waals surface area contributed by atoms with Gasteiger partial charge in [-0.25, -0.2) is 0 Å². The lowest BCUT2D eigenvalue weighted by atomic mass is 10.1. The highest BCUT2D eigenvalue weighted by Gasteiger charge is 2.30. The number of aliphatic carboxylic acids is 1. The molecule has 1 aromatic heterocycles. The Bertz CT molecular complexity index is 460. The van der Waals surface area contributed by atoms with E-state index in [4.69, 9.17) is 5.11 Å². The minimum atomic E-state index is -1.02. The Kier molecular flexibility index (Phi) is 4.97. The van der Waals surface area contributed by atoms with Crippen molar-refractivity contribution in [1.29, 1.82) is 0 Å². The summed E-state index contributed by atoms with van der Waals surface area (Å²) >= 11 is 7.91. The Balaban J connectivity index is 3.06. The Morgan fingerprint density at radius 3 is 2.28 bits per heavy atom. The van der Waals surface area contributed by atoms with E-state index in [0.29, 0.717) is 4.88 Å². The SMILES string of the molecule is CC(C)(C)N(CC(=O)O)C(=O)c1cc(Br)c(Br)s1. The first kappa shape index (κ1) is 15.7. The van der Waals surface area contributed by atoms with E-state index in [1.54, 1.807) is 6.07 Å². The van der Waals surface area contributed by atoms with Gasteiger partial charge in [-0.1, -0.05) is 0 Å². The van der Waals surface area contributed by atoms with Crippen LogP contribution in [-0.2, 0) is 4.79 Å². The van der Waals surface area contributed by atoms with Crippen LogP contribution in [-0.4, -0.2) is 34.0 Å². The van der Waals surface area contributed by atoms with Crippen molar-refractivity contribution in [2.24, 2.45) is 0 Å². The number of carbonyl (C=O) groups excluding carboxylic acids is 1. The van der Waals surface area contributed by atoms with Gasteiger partial charge in [0.2, 0.25) is 0 Å². The van der Waals surface area contributed by atoms with Crippen LogP contribution in [0.5, 0.6) is 0 Å². The molecule has 1 heterocycles. The summed E-state index contributed by atoms with van der Waals surface area (Å²) in [6.45, 7) is 5.12. The first-order valence-corrected chi connectivity index (χ1v) is 7.51. The first-order chi connectivity index (χ1) is 8.12. The molecule has 0 saturated carbocycles. The largest absolute Gasteiger partial charge is 0.480 e. The molecule has 1 aromatic rings. The van der Waals surface area contributed by atoms with Crippen molar-refractivity contribution < 1.29 is 14.7 Å². The van der Waals surface area contributed by atoms with Crippen molar-refractivity contribution in [3.05, 3.63) is 19.2 Å². The number of carboxylic acid groups (broad SMARTS) is 1. The van der Waals surface area contributed by atoms with Gasteiger partial charge in [-0.05, 0) is 58.7 Å². The van der Waals surface area contributed by atoms with Gasteiger partial charge in [-0.15, -0.1) is 11.3 Å². The summed E-state index contributed by atoms with van der Waals surface area (Å²) in [7, 11) is 0. The maximum atomic E-state index is 12.3. The van der Waals surface area contributed by atoms with Crippen molar-refractivity contribution >= 4 is 55.1 Å². The molecule has 7 heteroatoms. The molecule has 100 valence electrons. The third kappa shape index (κ3) is 3.80. The zero-order chi connectivity index (χ0) is 14.1. The van der Waals surface area contributed by atoms with Gasteiger partial charge in [0.25, 0.3) is 5.91 Å². The Labute approximate surface area is 126 Å². The molecule has 1 rings (SSSR count). The zero-order valence-electron chi connectivity index (χ0n) is 10.2. The van der Waals surface area contributed by atoms with Gasteiger partial charge in [0.1, 0.15) is 6.54 Å². The topological polar surface area (TPSA) is 57.6 Å². The molecule has 0 fully saturated rings. The summed E-state index contributed by atoms with van der Waals surface area (Å²) in [5, 5.41) is 8.89. The summed E-state index contributed by atoms with van der Waals surface area (Å²) in [4.78, 5) is 25.0. The third-order valence-electron chi connectivity index (χ3n) is 2.20. The molecular formula is C11H13Br2NO3S. The number of carbonyl (C=O) groups is 2. The van der Waals surface area contributed by atoms with Crippen molar-refractivity contribution in [2.75, 3.05) is 6.54 Å². The summed E-state index contributed by atoms with van der Waals surface area (Å²) in [5.41, 5.74) is -0.543. The molecule has 0 spiro atoms. The Morgan fingerprint density at radius 1 is 1.39 bits per heavy atom. The van der Waals surface area contributed by atoms with Crippen LogP contribution in [0.15, 0.2) is 14.3 Å². The van der Waals surface area contributed by atoms with Crippen LogP contribution >= 0.6 is 43.2 Å². The highest BCUT2D eigenvalue weighted by Crippen LogP contribution is 2.33. The van der Waals surface area contributed by atoms with E-state index in [1.807, 2.05) is 20.8 Å². The number of amides is 1. The summed E-state index contributed by atoms with van der Waals surface area (Å²) in [5.74, 6) is -1.30. The quantitative estimate of drug-likeness (QED) is 0.846. The average Bonchev–Trinajstić information content (AvgIpc) is 2.53. The lowest BCUT2D eigenvalue weighted by molar-refractivity contribution is -0.138. The highest BCUT2D eigenvalue weighted by molar-refractivity contribution is 9.13. The maximum absolute atomic E-state index is 12.3. The normalized spacial score (nSPS) is 11.4. The maximum Gasteiger partial charge on any atom is 0.323 e. The second kappa shape index (κ2) is 5.71. The lowest BCUT2D eigenvalue weighted by Crippen LogP contribution is -2.48. The fraction of sp³-hybridized carbons (Fsp3) is 0.455. The molecule has 0 aliphatic heterocycles. The summed E-state index contributed by atoms with van der Waals surface area (Å²) in [6.07, 6.45) is 0. The molecule has 0 aliphatic carbocycles. The van der Waals surface area contributed by atoms with Crippen molar-refractivity contribution in [2.45, 2.75) is 26.3 Å². The minimum absolute atomic E-state index is 0.277. The lowest BCUT2D eigenvalue weighted by Gasteiger charge is -2.34. The van der Waals surface area contributed by atoms with E-state index in [-0.39, 0.29) is 12.5 Å². The number of carboxylic acids is 1. The minimum Gasteiger partial charge on any atom is -0.480 e. The van der Waals surface area contributed by atoms with Crippen molar-refractivity contribution in [3.8, 4) is 0 Å². The predicted octanol–water partition coefficient (Wildman–Crippen LogP) is 3.60. The second-order valence-electron chi connectivity index (χ2n) is 4.69. The summed E-state index contributed by atoms with van der Waals surface area (Å²) in [6, 6.07) is 1.69. The van der Waals surface area contributed by atoms with Gasteiger partial charge in [-0.3, -0.25) is 9.59 Å². The fourth-order valence-corrected chi connectivity index (χ4v) is 3.32. The smallest absolute Gasteiger partial charge is 0.323 e. The van der Waals surface area contributed by atoms with Gasteiger partial charge in [0, 0.05) is 10.0 Å². The molecular weight excluding hydrogens is 386 g/mol. The number of nitrogens with zero attached hydrogens (tertiary/aromatic N) is 1. The monoisotopic (exact) mass is 397 g/mol. The van der Waals surface area contributed by atoms with E-state index in [2.05, 4.69) is 31.9 Å². The number of thiophene rings is 1. The van der Waals surface area contributed by atoms with Crippen LogP contribution in [0.25, 0.3) is 0 Å². The number of halogens is 2. The van der Waals surface area contributed by atoms with Crippen LogP contribution in [0.3, 0.4) is 0 Å². The van der Waals surface area contributed by atoms with Gasteiger partial charge in [0.05, 0.1) is 8.66 Å². The molecule has 0 saturated heterocycles. The Morgan fingerprint density at radius 2 is 1.94 bits per heavy atom. The van der Waals surface area contributed by atoms with Crippen LogP contribution < -0.4 is 0 Å². The molecule has 1 N–H and O–H groups in total. The van der Waals surface area contributed by atoms with Crippen LogP contribution in [0.1, 0.15) is 30.4 Å². The Hall–Kier alpha value is -0.400. The van der Waals surface area contributed by atoms with Crippen LogP contribution in [0.4, 0.5) is 0 Å². The third-order valence-corrected chi connectivity index (χ3v) is 5.45. The molecule has 0 bridgehead atoms. The zero-order valence-corrected chi connectivity index (χ0v) is 14.1. The standard InChI is InChI=1S/C11H13Br2NO3S/c1-11(2,3)14(5-8(15)16)10(17)7-4-6(12)9(13)18-7/h4H,5H2,1-3H3,(H,15,16). The fourth-order valence-electron chi connectivity index (χ4n) is 1.33. The molecule has 18 heavy (non-hydrogen) atoms. The molecule has 0 aromatic carbocycles. The highest BCUT2D eigenvalue weighted by atomic mass is 79.9. The van der Waals surface area contributed by atoms with E-state index in [9.17, 15) is 9.59 Å². The molecule has 0 atom stereocenters. The van der Waals surface area contributed by atoms with Crippen LogP contribution in [0.2, 0.25) is 0 Å². The van der Waals surface area contributed by atoms with Gasteiger partial charge < -0.3 is 10.0 Å². The van der Waals surface area contributed by atoms with E-state index >= 15 is 0 Å². The van der Waals surface area contributed by atoms with Crippen molar-refractivity contribution in [1.82, 2.24) is 4.90 Å². The molecule has 1 amide bonds. The number of rotatable bonds is 3. The van der Waals surface area contributed by atoms with Gasteiger partial charge >= 0.3 is 5.97 Å². The molecule has 0 radical (unpaired) electrons. The van der Waals surface area contributed by atoms with Gasteiger partial charge in [0.15, 0.2) is 0 Å². The summed E-state index contributed by atoms with van der Waals surface area (Å²) < 4.78 is 1.61. The second-order valence-corrected chi connectivity index (χ2v) is 7.91.